The summed E-state index contributed by atoms with van der Waals surface area (Å²) in [6.07, 6.45) is 0. The van der Waals surface area contributed by atoms with Gasteiger partial charge in [-0.3, -0.25) is 5.43 Å². The average Bonchev–Trinajstić information content (AvgIpc) is 2.87. The molecule has 19 heavy (non-hydrogen) atoms. The Hall–Kier alpha value is -1.01. The number of nitrogens with one attached hydrogen (secondary N) is 2. The summed E-state index contributed by atoms with van der Waals surface area (Å²) < 4.78 is 13.0. The lowest BCUT2D eigenvalue weighted by molar-refractivity contribution is 0.179. The number of likely N-dealkylation sites (N-methyl/N-ethyl adjacent to an activating group) is 1. The van der Waals surface area contributed by atoms with Crippen molar-refractivity contribution in [2.75, 3.05) is 32.8 Å². The van der Waals surface area contributed by atoms with Gasteiger partial charge in [0.1, 0.15) is 5.82 Å². The molecule has 5 heteroatoms. The van der Waals surface area contributed by atoms with Crippen LogP contribution in [-0.2, 0) is 0 Å². The van der Waals surface area contributed by atoms with Gasteiger partial charge >= 0.3 is 0 Å². The SMILES string of the molecule is CCN(CCO)CC1CNNC1c1ccc(F)cc1. The molecule has 3 N–H and O–H groups in total. The third kappa shape index (κ3) is 3.73. The second-order valence-corrected chi connectivity index (χ2v) is 4.93. The number of aliphatic hydroxyl groups is 1. The molecule has 2 atom stereocenters. The van der Waals surface area contributed by atoms with Crippen molar-refractivity contribution in [3.05, 3.63) is 35.6 Å². The lowest BCUT2D eigenvalue weighted by Gasteiger charge is -2.26. The first-order chi connectivity index (χ1) is 9.24. The molecule has 2 unspecified atom stereocenters. The molecule has 0 amide bonds. The van der Waals surface area contributed by atoms with Crippen LogP contribution in [0.5, 0.6) is 0 Å². The molecule has 1 aromatic rings. The van der Waals surface area contributed by atoms with Gasteiger partial charge in [-0.2, -0.15) is 0 Å². The number of hydrogen-bond acceptors (Lipinski definition) is 4. The maximum atomic E-state index is 13.0. The van der Waals surface area contributed by atoms with Crippen molar-refractivity contribution in [3.8, 4) is 0 Å². The molecule has 0 saturated carbocycles. The van der Waals surface area contributed by atoms with Gasteiger partial charge in [-0.15, -0.1) is 0 Å². The monoisotopic (exact) mass is 267 g/mol. The molecule has 1 aromatic carbocycles. The molecule has 1 fully saturated rings. The van der Waals surface area contributed by atoms with Gasteiger partial charge < -0.3 is 10.0 Å². The minimum absolute atomic E-state index is 0.183. The van der Waals surface area contributed by atoms with E-state index in [0.717, 1.165) is 25.2 Å². The fourth-order valence-electron chi connectivity index (χ4n) is 2.58. The molecule has 0 aliphatic carbocycles. The van der Waals surface area contributed by atoms with Crippen molar-refractivity contribution < 1.29 is 9.50 Å². The summed E-state index contributed by atoms with van der Waals surface area (Å²) in [5, 5.41) is 9.04. The van der Waals surface area contributed by atoms with Gasteiger partial charge in [0.15, 0.2) is 0 Å². The first kappa shape index (κ1) is 14.4. The van der Waals surface area contributed by atoms with Gasteiger partial charge in [0.2, 0.25) is 0 Å². The van der Waals surface area contributed by atoms with Crippen molar-refractivity contribution in [2.45, 2.75) is 13.0 Å². The molecular formula is C14H22FN3O. The van der Waals surface area contributed by atoms with Gasteiger partial charge in [0.25, 0.3) is 0 Å². The van der Waals surface area contributed by atoms with Crippen molar-refractivity contribution in [1.82, 2.24) is 15.8 Å². The smallest absolute Gasteiger partial charge is 0.123 e. The van der Waals surface area contributed by atoms with Gasteiger partial charge in [0, 0.05) is 25.6 Å². The zero-order chi connectivity index (χ0) is 13.7. The number of hydrazine groups is 1. The fourth-order valence-corrected chi connectivity index (χ4v) is 2.58. The van der Waals surface area contributed by atoms with E-state index in [-0.39, 0.29) is 18.5 Å². The number of rotatable bonds is 6. The molecule has 0 spiro atoms. The third-order valence-electron chi connectivity index (χ3n) is 3.68. The van der Waals surface area contributed by atoms with E-state index in [0.29, 0.717) is 12.5 Å². The van der Waals surface area contributed by atoms with E-state index in [1.165, 1.54) is 12.1 Å². The molecule has 0 aromatic heterocycles. The number of benzene rings is 1. The lowest BCUT2D eigenvalue weighted by Crippen LogP contribution is -2.34. The zero-order valence-electron chi connectivity index (χ0n) is 11.3. The maximum Gasteiger partial charge on any atom is 0.123 e. The molecule has 1 heterocycles. The molecule has 1 aliphatic rings. The largest absolute Gasteiger partial charge is 0.395 e. The number of aliphatic hydroxyl groups excluding tert-OH is 1. The van der Waals surface area contributed by atoms with E-state index >= 15 is 0 Å². The first-order valence-electron chi connectivity index (χ1n) is 6.81. The summed E-state index contributed by atoms with van der Waals surface area (Å²) in [4.78, 5) is 2.23. The van der Waals surface area contributed by atoms with Crippen LogP contribution < -0.4 is 10.9 Å². The van der Waals surface area contributed by atoms with Crippen LogP contribution in [0.15, 0.2) is 24.3 Å². The van der Waals surface area contributed by atoms with Crippen LogP contribution in [0.1, 0.15) is 18.5 Å². The fraction of sp³-hybridized carbons (Fsp3) is 0.571. The quantitative estimate of drug-likeness (QED) is 0.717. The Bertz CT molecular complexity index is 385. The highest BCUT2D eigenvalue weighted by atomic mass is 19.1. The second-order valence-electron chi connectivity index (χ2n) is 4.93. The van der Waals surface area contributed by atoms with Crippen LogP contribution in [-0.4, -0.2) is 42.8 Å². The molecule has 1 saturated heterocycles. The van der Waals surface area contributed by atoms with Crippen LogP contribution in [0.4, 0.5) is 4.39 Å². The Labute approximate surface area is 113 Å². The lowest BCUT2D eigenvalue weighted by atomic mass is 9.94. The van der Waals surface area contributed by atoms with Crippen LogP contribution in [0.25, 0.3) is 0 Å². The molecule has 0 radical (unpaired) electrons. The molecular weight excluding hydrogens is 245 g/mol. The predicted octanol–water partition coefficient (Wildman–Crippen LogP) is 0.905. The Morgan fingerprint density at radius 2 is 2.11 bits per heavy atom. The van der Waals surface area contributed by atoms with Gasteiger partial charge in [-0.05, 0) is 24.2 Å². The third-order valence-corrected chi connectivity index (χ3v) is 3.68. The van der Waals surface area contributed by atoms with E-state index in [9.17, 15) is 4.39 Å². The van der Waals surface area contributed by atoms with E-state index in [4.69, 9.17) is 5.11 Å². The normalized spacial score (nSPS) is 23.2. The zero-order valence-corrected chi connectivity index (χ0v) is 11.3. The highest BCUT2D eigenvalue weighted by Crippen LogP contribution is 2.25. The summed E-state index contributed by atoms with van der Waals surface area (Å²) in [5.41, 5.74) is 7.52. The Kier molecular flexibility index (Phi) is 5.27. The summed E-state index contributed by atoms with van der Waals surface area (Å²) in [7, 11) is 0. The first-order valence-corrected chi connectivity index (χ1v) is 6.81. The van der Waals surface area contributed by atoms with Crippen molar-refractivity contribution >= 4 is 0 Å². The van der Waals surface area contributed by atoms with Crippen LogP contribution >= 0.6 is 0 Å². The van der Waals surface area contributed by atoms with E-state index in [2.05, 4.69) is 22.7 Å². The number of halogens is 1. The van der Waals surface area contributed by atoms with E-state index in [1.54, 1.807) is 0 Å². The van der Waals surface area contributed by atoms with Crippen molar-refractivity contribution in [2.24, 2.45) is 5.92 Å². The highest BCUT2D eigenvalue weighted by Gasteiger charge is 2.29. The standard InChI is InChI=1S/C14H22FN3O/c1-2-18(7-8-19)10-12-9-16-17-14(12)11-3-5-13(15)6-4-11/h3-6,12,14,16-17,19H,2,7-10H2,1H3. The van der Waals surface area contributed by atoms with Gasteiger partial charge in [-0.1, -0.05) is 19.1 Å². The summed E-state index contributed by atoms with van der Waals surface area (Å²) in [6, 6.07) is 6.84. The Morgan fingerprint density at radius 3 is 2.74 bits per heavy atom. The van der Waals surface area contributed by atoms with E-state index in [1.807, 2.05) is 12.1 Å². The highest BCUT2D eigenvalue weighted by molar-refractivity contribution is 5.21. The molecule has 4 nitrogen and oxygen atoms in total. The van der Waals surface area contributed by atoms with Gasteiger partial charge in [-0.25, -0.2) is 9.82 Å². The maximum absolute atomic E-state index is 13.0. The van der Waals surface area contributed by atoms with Crippen LogP contribution in [0.2, 0.25) is 0 Å². The van der Waals surface area contributed by atoms with Crippen molar-refractivity contribution in [3.63, 3.8) is 0 Å². The minimum Gasteiger partial charge on any atom is -0.395 e. The summed E-state index contributed by atoms with van der Waals surface area (Å²) >= 11 is 0. The topological polar surface area (TPSA) is 47.5 Å². The van der Waals surface area contributed by atoms with E-state index < -0.39 is 0 Å². The summed E-state index contributed by atoms with van der Waals surface area (Å²) in [5.74, 6) is 0.207. The average molecular weight is 267 g/mol. The van der Waals surface area contributed by atoms with Crippen LogP contribution in [0, 0.1) is 11.7 Å². The Morgan fingerprint density at radius 1 is 1.37 bits per heavy atom. The van der Waals surface area contributed by atoms with Crippen LogP contribution in [0.3, 0.4) is 0 Å². The minimum atomic E-state index is -0.207. The number of hydrogen-bond donors (Lipinski definition) is 3. The number of nitrogens with zero attached hydrogens (tertiary/aromatic N) is 1. The van der Waals surface area contributed by atoms with Crippen molar-refractivity contribution in [1.29, 1.82) is 0 Å². The predicted molar refractivity (Wildman–Crippen MR) is 73.0 cm³/mol. The molecule has 106 valence electrons. The Balaban J connectivity index is 2.02. The molecule has 1 aliphatic heterocycles. The van der Waals surface area contributed by atoms with Gasteiger partial charge in [0.05, 0.1) is 12.6 Å². The summed E-state index contributed by atoms with van der Waals surface area (Å²) in [6.45, 7) is 5.69. The molecule has 0 bridgehead atoms. The molecule has 2 rings (SSSR count). The second kappa shape index (κ2) is 6.96.